The molecule has 0 amide bonds. The number of rotatable bonds is 2. The van der Waals surface area contributed by atoms with Gasteiger partial charge in [-0.15, -0.1) is 0 Å². The molecule has 1 aromatic rings. The molecule has 0 aliphatic heterocycles. The Bertz CT molecular complexity index is 939. The van der Waals surface area contributed by atoms with E-state index in [2.05, 4.69) is 0 Å². The third kappa shape index (κ3) is 2.86. The van der Waals surface area contributed by atoms with E-state index in [-0.39, 0.29) is 5.56 Å². The van der Waals surface area contributed by atoms with Crippen molar-refractivity contribution in [1.82, 2.24) is 0 Å². The molecule has 0 saturated heterocycles. The highest BCUT2D eigenvalue weighted by Gasteiger charge is 2.58. The van der Waals surface area contributed by atoms with Gasteiger partial charge in [0.25, 0.3) is 0 Å². The van der Waals surface area contributed by atoms with E-state index in [9.17, 15) is 33.6 Å². The molecule has 0 aromatic heterocycles. The molecule has 2 N–H and O–H groups in total. The number of allylic oxidation sites excluding steroid dienone is 1. The molecule has 0 radical (unpaired) electrons. The van der Waals surface area contributed by atoms with E-state index < -0.39 is 46.6 Å². The number of nitrogens with zero attached hydrogens (tertiary/aromatic N) is 2. The molecule has 3 atom stereocenters. The van der Waals surface area contributed by atoms with Crippen LogP contribution in [-0.4, -0.2) is 16.8 Å². The number of nitrogens with one attached hydrogen (secondary N) is 1. The highest BCUT2D eigenvalue weighted by Crippen LogP contribution is 2.55. The van der Waals surface area contributed by atoms with E-state index in [1.807, 2.05) is 0 Å². The molecular weight excluding hydrogens is 371 g/mol. The van der Waals surface area contributed by atoms with Gasteiger partial charge in [-0.2, -0.15) is 23.7 Å². The second kappa shape index (κ2) is 6.79. The number of hydrogen-bond acceptors (Lipinski definition) is 4. The molecule has 1 saturated carbocycles. The van der Waals surface area contributed by atoms with Crippen molar-refractivity contribution in [3.8, 4) is 12.1 Å². The van der Waals surface area contributed by atoms with Crippen molar-refractivity contribution in [2.75, 3.05) is 0 Å². The topological polar surface area (TPSA) is 109 Å². The van der Waals surface area contributed by atoms with Gasteiger partial charge < -0.3 is 10.5 Å². The third-order valence-electron chi connectivity index (χ3n) is 5.62. The summed E-state index contributed by atoms with van der Waals surface area (Å²) in [5.74, 6) is -4.38. The van der Waals surface area contributed by atoms with Gasteiger partial charge in [-0.25, -0.2) is 0 Å². The van der Waals surface area contributed by atoms with Crippen LogP contribution in [0, 0.1) is 45.3 Å². The van der Waals surface area contributed by atoms with Gasteiger partial charge in [0.1, 0.15) is 5.92 Å². The summed E-state index contributed by atoms with van der Waals surface area (Å²) in [4.78, 5) is 11.8. The zero-order valence-electron chi connectivity index (χ0n) is 14.6. The summed E-state index contributed by atoms with van der Waals surface area (Å²) in [6, 6.07) is 7.98. The molecule has 3 rings (SSSR count). The summed E-state index contributed by atoms with van der Waals surface area (Å²) in [5.41, 5.74) is -3.12. The molecule has 0 heterocycles. The first-order valence-electron chi connectivity index (χ1n) is 8.68. The summed E-state index contributed by atoms with van der Waals surface area (Å²) in [6.07, 6.45) is -1.22. The van der Waals surface area contributed by atoms with Crippen LogP contribution in [0.2, 0.25) is 0 Å². The number of aliphatic carboxylic acids is 1. The molecule has 5 nitrogen and oxygen atoms in total. The van der Waals surface area contributed by atoms with Crippen LogP contribution in [0.1, 0.15) is 36.3 Å². The quantitative estimate of drug-likeness (QED) is 0.738. The SMILES string of the molecule is N#CC1(C#N)C(=N)[C@H](C(=O)O)C2=CCCC[C@H]2[C@H]1c1cccc(C(F)(F)F)c1. The lowest BCUT2D eigenvalue weighted by Gasteiger charge is -2.46. The molecule has 1 fully saturated rings. The highest BCUT2D eigenvalue weighted by atomic mass is 19.4. The summed E-state index contributed by atoms with van der Waals surface area (Å²) < 4.78 is 39.6. The van der Waals surface area contributed by atoms with E-state index in [0.717, 1.165) is 12.1 Å². The Balaban J connectivity index is 2.26. The average molecular weight is 387 g/mol. The van der Waals surface area contributed by atoms with Gasteiger partial charge in [-0.3, -0.25) is 4.79 Å². The Kier molecular flexibility index (Phi) is 4.76. The van der Waals surface area contributed by atoms with E-state index in [4.69, 9.17) is 5.41 Å². The van der Waals surface area contributed by atoms with Crippen molar-refractivity contribution in [3.05, 3.63) is 47.0 Å². The van der Waals surface area contributed by atoms with Crippen molar-refractivity contribution in [1.29, 1.82) is 15.9 Å². The number of carboxylic acid groups (broad SMARTS) is 1. The second-order valence-corrected chi connectivity index (χ2v) is 7.06. The van der Waals surface area contributed by atoms with Crippen molar-refractivity contribution >= 4 is 11.7 Å². The molecule has 8 heteroatoms. The first-order chi connectivity index (χ1) is 13.2. The van der Waals surface area contributed by atoms with Crippen LogP contribution >= 0.6 is 0 Å². The summed E-state index contributed by atoms with van der Waals surface area (Å²) in [6.45, 7) is 0. The Morgan fingerprint density at radius 2 is 1.96 bits per heavy atom. The van der Waals surface area contributed by atoms with Crippen molar-refractivity contribution < 1.29 is 23.1 Å². The molecular formula is C20H16F3N3O2. The lowest BCUT2D eigenvalue weighted by molar-refractivity contribution is -0.139. The van der Waals surface area contributed by atoms with Crippen LogP contribution in [0.3, 0.4) is 0 Å². The molecule has 1 aromatic carbocycles. The van der Waals surface area contributed by atoms with Crippen LogP contribution in [0.25, 0.3) is 0 Å². The maximum Gasteiger partial charge on any atom is 0.416 e. The monoisotopic (exact) mass is 387 g/mol. The number of carbonyl (C=O) groups is 1. The zero-order chi connectivity index (χ0) is 20.7. The maximum absolute atomic E-state index is 13.2. The van der Waals surface area contributed by atoms with E-state index in [0.29, 0.717) is 24.8 Å². The fourth-order valence-corrected chi connectivity index (χ4v) is 4.42. The Morgan fingerprint density at radius 3 is 2.54 bits per heavy atom. The Labute approximate surface area is 159 Å². The van der Waals surface area contributed by atoms with Gasteiger partial charge in [0.2, 0.25) is 0 Å². The predicted octanol–water partition coefficient (Wildman–Crippen LogP) is 4.28. The Hall–Kier alpha value is -3.13. The minimum Gasteiger partial charge on any atom is -0.481 e. The number of alkyl halides is 3. The minimum absolute atomic E-state index is 0.115. The molecule has 28 heavy (non-hydrogen) atoms. The number of fused-ring (bicyclic) bond motifs is 1. The van der Waals surface area contributed by atoms with Crippen molar-refractivity contribution in [3.63, 3.8) is 0 Å². The Morgan fingerprint density at radius 1 is 1.29 bits per heavy atom. The van der Waals surface area contributed by atoms with Crippen molar-refractivity contribution in [2.24, 2.45) is 17.3 Å². The van der Waals surface area contributed by atoms with Crippen LogP contribution in [0.15, 0.2) is 35.9 Å². The zero-order valence-corrected chi connectivity index (χ0v) is 14.6. The number of hydrogen-bond donors (Lipinski definition) is 2. The molecule has 0 spiro atoms. The third-order valence-corrected chi connectivity index (χ3v) is 5.62. The van der Waals surface area contributed by atoms with Crippen LogP contribution in [0.4, 0.5) is 13.2 Å². The molecule has 0 unspecified atom stereocenters. The normalized spacial score (nSPS) is 26.4. The molecule has 2 aliphatic carbocycles. The summed E-state index contributed by atoms with van der Waals surface area (Å²) >= 11 is 0. The van der Waals surface area contributed by atoms with E-state index in [1.165, 1.54) is 12.1 Å². The average Bonchev–Trinajstić information content (AvgIpc) is 2.66. The lowest BCUT2D eigenvalue weighted by Crippen LogP contribution is -2.51. The summed E-state index contributed by atoms with van der Waals surface area (Å²) in [7, 11) is 0. The lowest BCUT2D eigenvalue weighted by atomic mass is 9.53. The first kappa shape index (κ1) is 19.6. The molecule has 144 valence electrons. The largest absolute Gasteiger partial charge is 0.481 e. The van der Waals surface area contributed by atoms with E-state index >= 15 is 0 Å². The fraction of sp³-hybridized carbons (Fsp3) is 0.400. The van der Waals surface area contributed by atoms with Gasteiger partial charge in [-0.1, -0.05) is 29.8 Å². The number of carboxylic acids is 1. The summed E-state index contributed by atoms with van der Waals surface area (Å²) in [5, 5.41) is 37.6. The predicted molar refractivity (Wildman–Crippen MR) is 92.1 cm³/mol. The number of benzene rings is 1. The van der Waals surface area contributed by atoms with Gasteiger partial charge in [0.05, 0.1) is 23.4 Å². The highest BCUT2D eigenvalue weighted by molar-refractivity contribution is 6.10. The van der Waals surface area contributed by atoms with Gasteiger partial charge in [0.15, 0.2) is 5.41 Å². The molecule has 2 aliphatic rings. The minimum atomic E-state index is -4.60. The van der Waals surface area contributed by atoms with Crippen LogP contribution < -0.4 is 0 Å². The van der Waals surface area contributed by atoms with Crippen LogP contribution in [-0.2, 0) is 11.0 Å². The number of halogens is 3. The fourth-order valence-electron chi connectivity index (χ4n) is 4.42. The molecule has 0 bridgehead atoms. The number of nitriles is 2. The first-order valence-corrected chi connectivity index (χ1v) is 8.68. The standard InChI is InChI=1S/C20H16F3N3O2/c21-20(22,23)12-5-3-4-11(8-12)16-14-7-2-1-6-13(14)15(18(27)28)17(26)19(16,9-24)10-25/h3-6,8,14-16,26H,1-2,7H2,(H,27,28)/t14-,15-,16-/m1/s1. The smallest absolute Gasteiger partial charge is 0.416 e. The van der Waals surface area contributed by atoms with Gasteiger partial charge in [-0.05, 0) is 36.8 Å². The van der Waals surface area contributed by atoms with Crippen molar-refractivity contribution in [2.45, 2.75) is 31.4 Å². The second-order valence-electron chi connectivity index (χ2n) is 7.06. The maximum atomic E-state index is 13.2. The van der Waals surface area contributed by atoms with Gasteiger partial charge >= 0.3 is 12.1 Å². The van der Waals surface area contributed by atoms with E-state index in [1.54, 1.807) is 18.2 Å². The van der Waals surface area contributed by atoms with Crippen LogP contribution in [0.5, 0.6) is 0 Å². The van der Waals surface area contributed by atoms with Gasteiger partial charge in [0, 0.05) is 5.92 Å².